The molecule has 0 atom stereocenters. The minimum Gasteiger partial charge on any atom is -0.301 e. The number of aryl methyl sites for hydroxylation is 1. The van der Waals surface area contributed by atoms with Gasteiger partial charge in [-0.15, -0.1) is 21.5 Å². The van der Waals surface area contributed by atoms with Crippen LogP contribution in [0, 0.1) is 6.92 Å². The number of carbonyl (C=O) groups excluding carboxylic acids is 1. The highest BCUT2D eigenvalue weighted by Gasteiger charge is 2.18. The minimum absolute atomic E-state index is 0.140. The number of carbonyl (C=O) groups is 1. The molecule has 1 N–H and O–H groups in total. The lowest BCUT2D eigenvalue weighted by Gasteiger charge is -2.11. The zero-order valence-corrected chi connectivity index (χ0v) is 20.0. The first-order chi connectivity index (χ1) is 16.7. The molecule has 5 aromatic rings. The van der Waals surface area contributed by atoms with Crippen LogP contribution < -0.4 is 5.32 Å². The predicted octanol–water partition coefficient (Wildman–Crippen LogP) is 6.10. The summed E-state index contributed by atoms with van der Waals surface area (Å²) in [4.78, 5) is 17.2. The van der Waals surface area contributed by atoms with Gasteiger partial charge in [0.05, 0.1) is 11.4 Å². The Morgan fingerprint density at radius 2 is 1.65 bits per heavy atom. The van der Waals surface area contributed by atoms with Gasteiger partial charge in [0.15, 0.2) is 16.1 Å². The summed E-state index contributed by atoms with van der Waals surface area (Å²) in [6.07, 6.45) is 0. The molecule has 8 heteroatoms. The Bertz CT molecular complexity index is 1410. The maximum Gasteiger partial charge on any atom is 0.236 e. The maximum absolute atomic E-state index is 12.7. The van der Waals surface area contributed by atoms with Crippen LogP contribution in [0.2, 0.25) is 0 Å². The maximum atomic E-state index is 12.7. The molecule has 0 saturated carbocycles. The van der Waals surface area contributed by atoms with Crippen LogP contribution in [-0.4, -0.2) is 31.4 Å². The van der Waals surface area contributed by atoms with Crippen LogP contribution in [0.25, 0.3) is 28.3 Å². The van der Waals surface area contributed by atoms with E-state index in [9.17, 15) is 4.79 Å². The Morgan fingerprint density at radius 1 is 0.941 bits per heavy atom. The first-order valence-electron chi connectivity index (χ1n) is 10.7. The normalized spacial score (nSPS) is 10.9. The van der Waals surface area contributed by atoms with Crippen LogP contribution in [0.3, 0.4) is 0 Å². The van der Waals surface area contributed by atoms with Crippen LogP contribution in [0.15, 0.2) is 95.5 Å². The van der Waals surface area contributed by atoms with Crippen LogP contribution >= 0.6 is 23.1 Å². The van der Waals surface area contributed by atoms with Gasteiger partial charge in [0, 0.05) is 22.2 Å². The number of hydrogen-bond donors (Lipinski definition) is 1. The summed E-state index contributed by atoms with van der Waals surface area (Å²) in [5, 5.41) is 15.0. The van der Waals surface area contributed by atoms with E-state index in [1.54, 1.807) is 0 Å². The molecule has 2 aromatic heterocycles. The van der Waals surface area contributed by atoms with Crippen molar-refractivity contribution in [1.82, 2.24) is 19.7 Å². The van der Waals surface area contributed by atoms with E-state index in [4.69, 9.17) is 0 Å². The Balaban J connectivity index is 1.34. The van der Waals surface area contributed by atoms with Crippen molar-refractivity contribution < 1.29 is 4.79 Å². The Morgan fingerprint density at radius 3 is 2.41 bits per heavy atom. The second-order valence-electron chi connectivity index (χ2n) is 7.53. The number of hydrogen-bond acceptors (Lipinski definition) is 6. The van der Waals surface area contributed by atoms with E-state index in [2.05, 4.69) is 33.5 Å². The summed E-state index contributed by atoms with van der Waals surface area (Å²) in [5.41, 5.74) is 4.93. The van der Waals surface area contributed by atoms with Gasteiger partial charge in [-0.1, -0.05) is 84.6 Å². The third-order valence-corrected chi connectivity index (χ3v) is 6.87. The molecule has 168 valence electrons. The average molecular weight is 484 g/mol. The van der Waals surface area contributed by atoms with E-state index >= 15 is 0 Å². The molecule has 0 unspecified atom stereocenters. The molecule has 0 radical (unpaired) electrons. The van der Waals surface area contributed by atoms with Gasteiger partial charge < -0.3 is 5.32 Å². The molecular formula is C26H21N5OS2. The number of anilines is 1. The summed E-state index contributed by atoms with van der Waals surface area (Å²) in [6, 6.07) is 27.9. The van der Waals surface area contributed by atoms with Crippen molar-refractivity contribution in [1.29, 1.82) is 0 Å². The molecule has 0 aliphatic heterocycles. The van der Waals surface area contributed by atoms with E-state index in [0.29, 0.717) is 10.3 Å². The van der Waals surface area contributed by atoms with Gasteiger partial charge in [-0.25, -0.2) is 4.98 Å². The highest BCUT2D eigenvalue weighted by molar-refractivity contribution is 7.99. The third kappa shape index (κ3) is 4.78. The SMILES string of the molecule is Cc1ccccc1-c1nnc(SCC(=O)Nc2nc(-c3ccccc3)cs2)n1-c1ccccc1. The van der Waals surface area contributed by atoms with Gasteiger partial charge in [0.25, 0.3) is 0 Å². The molecule has 5 rings (SSSR count). The molecule has 6 nitrogen and oxygen atoms in total. The van der Waals surface area contributed by atoms with Gasteiger partial charge in [0.2, 0.25) is 5.91 Å². The van der Waals surface area contributed by atoms with Crippen LogP contribution in [0.5, 0.6) is 0 Å². The van der Waals surface area contributed by atoms with Crippen molar-refractivity contribution >= 4 is 34.1 Å². The highest BCUT2D eigenvalue weighted by Crippen LogP contribution is 2.30. The second kappa shape index (κ2) is 10.0. The molecular weight excluding hydrogens is 462 g/mol. The Hall–Kier alpha value is -3.75. The zero-order valence-electron chi connectivity index (χ0n) is 18.4. The number of thiazole rings is 1. The largest absolute Gasteiger partial charge is 0.301 e. The van der Waals surface area contributed by atoms with Gasteiger partial charge in [-0.3, -0.25) is 9.36 Å². The second-order valence-corrected chi connectivity index (χ2v) is 9.33. The molecule has 0 aliphatic rings. The summed E-state index contributed by atoms with van der Waals surface area (Å²) < 4.78 is 2.00. The molecule has 0 bridgehead atoms. The fraction of sp³-hybridized carbons (Fsp3) is 0.0769. The molecule has 2 heterocycles. The number of thioether (sulfide) groups is 1. The molecule has 0 spiro atoms. The van der Waals surface area contributed by atoms with E-state index in [-0.39, 0.29) is 11.7 Å². The lowest BCUT2D eigenvalue weighted by atomic mass is 10.1. The molecule has 34 heavy (non-hydrogen) atoms. The molecule has 0 fully saturated rings. The standard InChI is InChI=1S/C26H21N5OS2/c1-18-10-8-9-15-21(18)24-29-30-26(31(24)20-13-6-3-7-14-20)34-17-23(32)28-25-27-22(16-33-25)19-11-4-2-5-12-19/h2-16H,17H2,1H3,(H,27,28,32). The topological polar surface area (TPSA) is 72.7 Å². The zero-order chi connectivity index (χ0) is 23.3. The quantitative estimate of drug-likeness (QED) is 0.283. The van der Waals surface area contributed by atoms with Gasteiger partial charge in [-0.2, -0.15) is 0 Å². The Labute approximate surface area is 205 Å². The summed E-state index contributed by atoms with van der Waals surface area (Å²) >= 11 is 2.76. The van der Waals surface area contributed by atoms with Gasteiger partial charge >= 0.3 is 0 Å². The third-order valence-electron chi connectivity index (χ3n) is 5.19. The van der Waals surface area contributed by atoms with Gasteiger partial charge in [0.1, 0.15) is 0 Å². The van der Waals surface area contributed by atoms with Crippen molar-refractivity contribution in [2.45, 2.75) is 12.1 Å². The average Bonchev–Trinajstić information content (AvgIpc) is 3.51. The number of nitrogens with zero attached hydrogens (tertiary/aromatic N) is 4. The first-order valence-corrected chi connectivity index (χ1v) is 12.6. The monoisotopic (exact) mass is 483 g/mol. The number of amides is 1. The van der Waals surface area contributed by atoms with Gasteiger partial charge in [-0.05, 0) is 24.6 Å². The number of aromatic nitrogens is 4. The number of nitrogens with one attached hydrogen (secondary N) is 1. The molecule has 1 amide bonds. The van der Waals surface area contributed by atoms with E-state index in [1.807, 2.05) is 88.8 Å². The Kier molecular flexibility index (Phi) is 6.51. The van der Waals surface area contributed by atoms with Crippen molar-refractivity contribution in [3.63, 3.8) is 0 Å². The minimum atomic E-state index is -0.140. The fourth-order valence-electron chi connectivity index (χ4n) is 3.53. The van der Waals surface area contributed by atoms with E-state index < -0.39 is 0 Å². The van der Waals surface area contributed by atoms with Crippen molar-refractivity contribution in [2.24, 2.45) is 0 Å². The summed E-state index contributed by atoms with van der Waals surface area (Å²) in [7, 11) is 0. The predicted molar refractivity (Wildman–Crippen MR) is 138 cm³/mol. The van der Waals surface area contributed by atoms with Crippen molar-refractivity contribution in [3.05, 3.63) is 95.9 Å². The van der Waals surface area contributed by atoms with Crippen LogP contribution in [0.1, 0.15) is 5.56 Å². The number of rotatable bonds is 7. The number of benzene rings is 3. The van der Waals surface area contributed by atoms with Crippen LogP contribution in [0.4, 0.5) is 5.13 Å². The molecule has 0 aliphatic carbocycles. The van der Waals surface area contributed by atoms with Crippen LogP contribution in [-0.2, 0) is 4.79 Å². The van der Waals surface area contributed by atoms with E-state index in [1.165, 1.54) is 23.1 Å². The number of para-hydroxylation sites is 1. The summed E-state index contributed by atoms with van der Waals surface area (Å²) in [5.74, 6) is 0.803. The lowest BCUT2D eigenvalue weighted by Crippen LogP contribution is -2.14. The molecule has 0 saturated heterocycles. The first kappa shape index (κ1) is 22.1. The molecule has 3 aromatic carbocycles. The van der Waals surface area contributed by atoms with E-state index in [0.717, 1.165) is 33.9 Å². The van der Waals surface area contributed by atoms with Crippen molar-refractivity contribution in [2.75, 3.05) is 11.1 Å². The van der Waals surface area contributed by atoms with Crippen molar-refractivity contribution in [3.8, 4) is 28.3 Å². The highest BCUT2D eigenvalue weighted by atomic mass is 32.2. The lowest BCUT2D eigenvalue weighted by molar-refractivity contribution is -0.113. The fourth-order valence-corrected chi connectivity index (χ4v) is 5.02. The summed E-state index contributed by atoms with van der Waals surface area (Å²) in [6.45, 7) is 2.05. The smallest absolute Gasteiger partial charge is 0.236 e.